The molecule has 4 nitrogen and oxygen atoms in total. The number of ether oxygens (including phenoxy) is 2. The topological polar surface area (TPSA) is 38.8 Å². The van der Waals surface area contributed by atoms with Crippen molar-refractivity contribution in [3.63, 3.8) is 0 Å². The Morgan fingerprint density at radius 3 is 2.48 bits per heavy atom. The van der Waals surface area contributed by atoms with Crippen LogP contribution in [0.2, 0.25) is 0 Å². The molecule has 0 aliphatic rings. The molecule has 29 heavy (non-hydrogen) atoms. The lowest BCUT2D eigenvalue weighted by molar-refractivity contribution is -0.115. The van der Waals surface area contributed by atoms with Crippen molar-refractivity contribution in [3.8, 4) is 0 Å². The molecule has 0 aliphatic heterocycles. The molecule has 0 fully saturated rings. The third-order valence-electron chi connectivity index (χ3n) is 3.90. The summed E-state index contributed by atoms with van der Waals surface area (Å²) in [7, 11) is 3.73. The molecular weight excluding hydrogens is 362 g/mol. The maximum Gasteiger partial charge on any atom is 0.176 e. The number of hydrogen-bond donors (Lipinski definition) is 0. The first-order valence-corrected chi connectivity index (χ1v) is 9.73. The average molecular weight is 396 g/mol. The summed E-state index contributed by atoms with van der Waals surface area (Å²) in [6.45, 7) is 9.55. The van der Waals surface area contributed by atoms with E-state index in [1.165, 1.54) is 0 Å². The Kier molecular flexibility index (Phi) is 12.0. The third kappa shape index (κ3) is 11.0. The van der Waals surface area contributed by atoms with Gasteiger partial charge in [0, 0.05) is 5.57 Å². The van der Waals surface area contributed by atoms with Crippen LogP contribution in [0, 0.1) is 0 Å². The quantitative estimate of drug-likeness (QED) is 0.207. The molecule has 0 amide bonds. The molecule has 4 heteroatoms. The van der Waals surface area contributed by atoms with Gasteiger partial charge in [0.1, 0.15) is 12.4 Å². The molecule has 1 rings (SSSR count). The Morgan fingerprint density at radius 1 is 1.14 bits per heavy atom. The zero-order valence-electron chi connectivity index (χ0n) is 18.1. The molecule has 0 saturated carbocycles. The zero-order valence-corrected chi connectivity index (χ0v) is 18.1. The second kappa shape index (κ2) is 14.3. The van der Waals surface area contributed by atoms with Gasteiger partial charge in [-0.2, -0.15) is 0 Å². The van der Waals surface area contributed by atoms with Gasteiger partial charge in [-0.15, -0.1) is 0 Å². The SMILES string of the molecule is C=C(/C=C(\C=C/COCC(/C=C\C)=C/C)C(=O)CN(C)C)OCc1ccccc1. The number of hydrogen-bond acceptors (Lipinski definition) is 4. The van der Waals surface area contributed by atoms with E-state index in [4.69, 9.17) is 9.47 Å². The number of Topliss-reactive ketones (excluding diaryl/α,β-unsaturated/α-hetero) is 1. The minimum atomic E-state index is -0.00114. The average Bonchev–Trinajstić information content (AvgIpc) is 2.70. The monoisotopic (exact) mass is 395 g/mol. The normalized spacial score (nSPS) is 12.9. The van der Waals surface area contributed by atoms with Gasteiger partial charge < -0.3 is 14.4 Å². The molecule has 156 valence electrons. The van der Waals surface area contributed by atoms with Gasteiger partial charge >= 0.3 is 0 Å². The molecule has 0 bridgehead atoms. The summed E-state index contributed by atoms with van der Waals surface area (Å²) in [6.07, 6.45) is 11.3. The standard InChI is InChI=1S/C25H33NO3/c1-6-12-22(7-2)19-28-16-11-15-24(25(27)18-26(4)5)17-21(3)29-20-23-13-9-8-10-14-23/h6-15,17H,3,16,18-20H2,1-2,4-5H3/b12-6-,15-11-,22-7+,24-17+. The molecule has 0 atom stereocenters. The molecule has 0 radical (unpaired) electrons. The van der Waals surface area contributed by atoms with Gasteiger partial charge in [-0.1, -0.05) is 67.3 Å². The van der Waals surface area contributed by atoms with Crippen molar-refractivity contribution in [1.29, 1.82) is 0 Å². The summed E-state index contributed by atoms with van der Waals surface area (Å²) < 4.78 is 11.3. The van der Waals surface area contributed by atoms with E-state index >= 15 is 0 Å². The van der Waals surface area contributed by atoms with Gasteiger partial charge in [-0.05, 0) is 45.2 Å². The lowest BCUT2D eigenvalue weighted by atomic mass is 10.1. The zero-order chi connectivity index (χ0) is 21.5. The van der Waals surface area contributed by atoms with Crippen molar-refractivity contribution >= 4 is 5.78 Å². The van der Waals surface area contributed by atoms with E-state index in [1.54, 1.807) is 12.2 Å². The summed E-state index contributed by atoms with van der Waals surface area (Å²) in [5.74, 6) is 0.449. The fraction of sp³-hybridized carbons (Fsp3) is 0.320. The predicted octanol–water partition coefficient (Wildman–Crippen LogP) is 4.87. The van der Waals surface area contributed by atoms with Crippen LogP contribution in [0.5, 0.6) is 0 Å². The van der Waals surface area contributed by atoms with E-state index < -0.39 is 0 Å². The third-order valence-corrected chi connectivity index (χ3v) is 3.90. The molecule has 1 aromatic rings. The second-order valence-electron chi connectivity index (χ2n) is 6.78. The van der Waals surface area contributed by atoms with Gasteiger partial charge in [-0.25, -0.2) is 0 Å². The fourth-order valence-electron chi connectivity index (χ4n) is 2.43. The van der Waals surface area contributed by atoms with Crippen molar-refractivity contribution in [1.82, 2.24) is 4.90 Å². The molecule has 0 heterocycles. The first kappa shape index (κ1) is 24.3. The van der Waals surface area contributed by atoms with Crippen LogP contribution in [0.15, 0.2) is 90.3 Å². The molecule has 0 aliphatic carbocycles. The van der Waals surface area contributed by atoms with Crippen molar-refractivity contribution < 1.29 is 14.3 Å². The molecule has 0 spiro atoms. The first-order chi connectivity index (χ1) is 14.0. The molecule has 0 unspecified atom stereocenters. The largest absolute Gasteiger partial charge is 0.490 e. The lowest BCUT2D eigenvalue weighted by Gasteiger charge is -2.11. The van der Waals surface area contributed by atoms with E-state index in [0.29, 0.717) is 37.7 Å². The highest BCUT2D eigenvalue weighted by Crippen LogP contribution is 2.10. The summed E-state index contributed by atoms with van der Waals surface area (Å²) in [4.78, 5) is 14.4. The van der Waals surface area contributed by atoms with E-state index in [1.807, 2.05) is 87.5 Å². The van der Waals surface area contributed by atoms with Gasteiger partial charge in [0.15, 0.2) is 5.78 Å². The number of benzene rings is 1. The number of allylic oxidation sites excluding steroid dienone is 4. The highest BCUT2D eigenvalue weighted by atomic mass is 16.5. The van der Waals surface area contributed by atoms with Crippen LogP contribution >= 0.6 is 0 Å². The molecule has 0 saturated heterocycles. The Balaban J connectivity index is 2.70. The Morgan fingerprint density at radius 2 is 1.86 bits per heavy atom. The van der Waals surface area contributed by atoms with E-state index in [0.717, 1.165) is 11.1 Å². The number of ketones is 1. The number of likely N-dealkylation sites (N-methyl/N-ethyl adjacent to an activating group) is 1. The van der Waals surface area contributed by atoms with Crippen LogP contribution < -0.4 is 0 Å². The minimum absolute atomic E-state index is 0.00114. The van der Waals surface area contributed by atoms with Crippen molar-refractivity contribution in [2.24, 2.45) is 0 Å². The van der Waals surface area contributed by atoms with Crippen LogP contribution in [-0.4, -0.2) is 44.5 Å². The van der Waals surface area contributed by atoms with Crippen LogP contribution in [0.4, 0.5) is 0 Å². The summed E-state index contributed by atoms with van der Waals surface area (Å²) >= 11 is 0. The highest BCUT2D eigenvalue weighted by molar-refractivity contribution is 5.99. The highest BCUT2D eigenvalue weighted by Gasteiger charge is 2.09. The summed E-state index contributed by atoms with van der Waals surface area (Å²) in [5.41, 5.74) is 2.70. The van der Waals surface area contributed by atoms with Gasteiger partial charge in [-0.3, -0.25) is 4.79 Å². The maximum absolute atomic E-state index is 12.5. The Labute approximate surface area is 175 Å². The second-order valence-corrected chi connectivity index (χ2v) is 6.78. The Hall–Kier alpha value is -2.69. The van der Waals surface area contributed by atoms with E-state index in [-0.39, 0.29) is 5.78 Å². The van der Waals surface area contributed by atoms with Crippen LogP contribution in [-0.2, 0) is 20.9 Å². The van der Waals surface area contributed by atoms with E-state index in [2.05, 4.69) is 6.58 Å². The predicted molar refractivity (Wildman–Crippen MR) is 121 cm³/mol. The van der Waals surface area contributed by atoms with Gasteiger partial charge in [0.2, 0.25) is 0 Å². The van der Waals surface area contributed by atoms with Crippen molar-refractivity contribution in [3.05, 3.63) is 95.8 Å². The maximum atomic E-state index is 12.5. The van der Waals surface area contributed by atoms with Crippen molar-refractivity contribution in [2.75, 3.05) is 33.9 Å². The first-order valence-electron chi connectivity index (χ1n) is 9.73. The lowest BCUT2D eigenvalue weighted by Crippen LogP contribution is -2.22. The van der Waals surface area contributed by atoms with Crippen LogP contribution in [0.3, 0.4) is 0 Å². The van der Waals surface area contributed by atoms with Crippen molar-refractivity contribution in [2.45, 2.75) is 20.5 Å². The van der Waals surface area contributed by atoms with Gasteiger partial charge in [0.25, 0.3) is 0 Å². The smallest absolute Gasteiger partial charge is 0.176 e. The number of carbonyl (C=O) groups is 1. The molecule has 0 aromatic heterocycles. The Bertz CT molecular complexity index is 756. The number of carbonyl (C=O) groups excluding carboxylic acids is 1. The molecule has 0 N–H and O–H groups in total. The number of nitrogens with zero attached hydrogens (tertiary/aromatic N) is 1. The molecule has 1 aromatic carbocycles. The summed E-state index contributed by atoms with van der Waals surface area (Å²) in [5, 5.41) is 0. The van der Waals surface area contributed by atoms with Gasteiger partial charge in [0.05, 0.1) is 19.8 Å². The van der Waals surface area contributed by atoms with Crippen LogP contribution in [0.25, 0.3) is 0 Å². The van der Waals surface area contributed by atoms with Crippen LogP contribution in [0.1, 0.15) is 19.4 Å². The molecular formula is C25H33NO3. The minimum Gasteiger partial charge on any atom is -0.490 e. The van der Waals surface area contributed by atoms with E-state index in [9.17, 15) is 4.79 Å². The summed E-state index contributed by atoms with van der Waals surface area (Å²) in [6, 6.07) is 9.85. The fourth-order valence-corrected chi connectivity index (χ4v) is 2.43. The number of rotatable bonds is 13.